The van der Waals surface area contributed by atoms with Gasteiger partial charge in [0.05, 0.1) is 19.8 Å². The summed E-state index contributed by atoms with van der Waals surface area (Å²) < 4.78 is 10.8. The molecule has 1 fully saturated rings. The quantitative estimate of drug-likeness (QED) is 0.702. The van der Waals surface area contributed by atoms with E-state index in [0.29, 0.717) is 6.61 Å². The second-order valence-corrected chi connectivity index (χ2v) is 6.67. The maximum absolute atomic E-state index is 12.8. The maximum atomic E-state index is 12.8. The Balaban J connectivity index is 1.69. The first-order valence-corrected chi connectivity index (χ1v) is 9.43. The standard InChI is InChI=1S/C22H24N2O3/c1-2-27-22(25)21(19-15-23-20-6-4-3-5-18(19)20)16-7-9-17(10-8-16)24-11-13-26-14-12-24/h3-10,15,21,23H,2,11-14H2,1H3. The van der Waals surface area contributed by atoms with Gasteiger partial charge in [-0.2, -0.15) is 0 Å². The Labute approximate surface area is 158 Å². The highest BCUT2D eigenvalue weighted by Crippen LogP contribution is 2.33. The summed E-state index contributed by atoms with van der Waals surface area (Å²) in [6.45, 7) is 5.49. The lowest BCUT2D eigenvalue weighted by Crippen LogP contribution is -2.36. The summed E-state index contributed by atoms with van der Waals surface area (Å²) in [6.07, 6.45) is 1.92. The molecule has 0 aliphatic carbocycles. The summed E-state index contributed by atoms with van der Waals surface area (Å²) in [4.78, 5) is 18.4. The van der Waals surface area contributed by atoms with E-state index in [1.54, 1.807) is 0 Å². The second kappa shape index (κ2) is 7.84. The molecule has 1 aromatic heterocycles. The number of aromatic nitrogens is 1. The number of carbonyl (C=O) groups is 1. The van der Waals surface area contributed by atoms with Crippen molar-refractivity contribution in [2.75, 3.05) is 37.8 Å². The molecule has 0 saturated carbocycles. The fourth-order valence-electron chi connectivity index (χ4n) is 3.70. The van der Waals surface area contributed by atoms with E-state index >= 15 is 0 Å². The van der Waals surface area contributed by atoms with Crippen molar-refractivity contribution in [3.8, 4) is 0 Å². The maximum Gasteiger partial charge on any atom is 0.317 e. The normalized spacial score (nSPS) is 15.7. The van der Waals surface area contributed by atoms with Crippen LogP contribution in [-0.2, 0) is 14.3 Å². The summed E-state index contributed by atoms with van der Waals surface area (Å²) in [6, 6.07) is 16.3. The van der Waals surface area contributed by atoms with E-state index in [-0.39, 0.29) is 5.97 Å². The third kappa shape index (κ3) is 3.55. The van der Waals surface area contributed by atoms with E-state index < -0.39 is 5.92 Å². The Morgan fingerprint density at radius 3 is 2.63 bits per heavy atom. The van der Waals surface area contributed by atoms with E-state index in [0.717, 1.165) is 54.0 Å². The fraction of sp³-hybridized carbons (Fsp3) is 0.318. The molecule has 1 aliphatic rings. The van der Waals surface area contributed by atoms with Gasteiger partial charge in [-0.15, -0.1) is 0 Å². The minimum absolute atomic E-state index is 0.221. The van der Waals surface area contributed by atoms with Crippen LogP contribution in [0.3, 0.4) is 0 Å². The van der Waals surface area contributed by atoms with Crippen molar-refractivity contribution in [2.45, 2.75) is 12.8 Å². The molecule has 0 radical (unpaired) electrons. The minimum atomic E-state index is -0.445. The van der Waals surface area contributed by atoms with E-state index in [2.05, 4.69) is 22.0 Å². The molecule has 0 spiro atoms. The number of hydrogen-bond acceptors (Lipinski definition) is 4. The number of hydrogen-bond donors (Lipinski definition) is 1. The van der Waals surface area contributed by atoms with Crippen molar-refractivity contribution in [2.24, 2.45) is 0 Å². The van der Waals surface area contributed by atoms with Crippen LogP contribution in [0.2, 0.25) is 0 Å². The van der Waals surface area contributed by atoms with E-state index in [9.17, 15) is 4.79 Å². The smallest absolute Gasteiger partial charge is 0.317 e. The molecule has 1 aliphatic heterocycles. The van der Waals surface area contributed by atoms with Crippen LogP contribution in [0, 0.1) is 0 Å². The van der Waals surface area contributed by atoms with E-state index in [1.807, 2.05) is 49.5 Å². The molecule has 5 nitrogen and oxygen atoms in total. The van der Waals surface area contributed by atoms with Crippen LogP contribution in [-0.4, -0.2) is 43.9 Å². The SMILES string of the molecule is CCOC(=O)C(c1ccc(N2CCOCC2)cc1)c1c[nH]c2ccccc12. The zero-order valence-electron chi connectivity index (χ0n) is 15.5. The number of rotatable bonds is 5. The Morgan fingerprint density at radius 2 is 1.89 bits per heavy atom. The number of H-pyrrole nitrogens is 1. The van der Waals surface area contributed by atoms with Gasteiger partial charge in [-0.25, -0.2) is 0 Å². The molecule has 3 aromatic rings. The summed E-state index contributed by atoms with van der Waals surface area (Å²) in [5.74, 6) is -0.666. The van der Waals surface area contributed by atoms with Crippen LogP contribution in [0.15, 0.2) is 54.7 Å². The van der Waals surface area contributed by atoms with Crippen molar-refractivity contribution < 1.29 is 14.3 Å². The molecule has 27 heavy (non-hydrogen) atoms. The summed E-state index contributed by atoms with van der Waals surface area (Å²) in [5, 5.41) is 1.05. The molecular formula is C22H24N2O3. The van der Waals surface area contributed by atoms with Crippen LogP contribution in [0.5, 0.6) is 0 Å². The third-order valence-electron chi connectivity index (χ3n) is 5.06. The zero-order chi connectivity index (χ0) is 18.6. The summed E-state index contributed by atoms with van der Waals surface area (Å²) >= 11 is 0. The van der Waals surface area contributed by atoms with Gasteiger partial charge in [0.1, 0.15) is 5.92 Å². The molecule has 2 heterocycles. The first kappa shape index (κ1) is 17.6. The topological polar surface area (TPSA) is 54.6 Å². The molecule has 1 atom stereocenters. The van der Waals surface area contributed by atoms with Gasteiger partial charge in [-0.05, 0) is 36.2 Å². The average Bonchev–Trinajstić information content (AvgIpc) is 3.14. The molecule has 1 N–H and O–H groups in total. The van der Waals surface area contributed by atoms with Gasteiger partial charge in [-0.3, -0.25) is 4.79 Å². The summed E-state index contributed by atoms with van der Waals surface area (Å²) in [7, 11) is 0. The van der Waals surface area contributed by atoms with Crippen molar-refractivity contribution in [1.29, 1.82) is 0 Å². The van der Waals surface area contributed by atoms with Gasteiger partial charge in [-0.1, -0.05) is 30.3 Å². The lowest BCUT2D eigenvalue weighted by molar-refractivity contribution is -0.143. The Kier molecular flexibility index (Phi) is 5.12. The summed E-state index contributed by atoms with van der Waals surface area (Å²) in [5.41, 5.74) is 4.06. The Hall–Kier alpha value is -2.79. The van der Waals surface area contributed by atoms with Crippen LogP contribution in [0.25, 0.3) is 10.9 Å². The number of nitrogens with one attached hydrogen (secondary N) is 1. The zero-order valence-corrected chi connectivity index (χ0v) is 15.5. The van der Waals surface area contributed by atoms with Crippen molar-refractivity contribution in [3.63, 3.8) is 0 Å². The Morgan fingerprint density at radius 1 is 1.15 bits per heavy atom. The number of nitrogens with zero attached hydrogens (tertiary/aromatic N) is 1. The highest BCUT2D eigenvalue weighted by atomic mass is 16.5. The molecule has 5 heteroatoms. The van der Waals surface area contributed by atoms with Crippen molar-refractivity contribution in [3.05, 3.63) is 65.9 Å². The number of esters is 1. The van der Waals surface area contributed by atoms with Gasteiger partial charge in [0.15, 0.2) is 0 Å². The van der Waals surface area contributed by atoms with Gasteiger partial charge in [0.2, 0.25) is 0 Å². The average molecular weight is 364 g/mol. The van der Waals surface area contributed by atoms with E-state index in [4.69, 9.17) is 9.47 Å². The first-order valence-electron chi connectivity index (χ1n) is 9.43. The predicted octanol–water partition coefficient (Wildman–Crippen LogP) is 3.70. The van der Waals surface area contributed by atoms with Gasteiger partial charge >= 0.3 is 5.97 Å². The number of fused-ring (bicyclic) bond motifs is 1. The monoisotopic (exact) mass is 364 g/mol. The second-order valence-electron chi connectivity index (χ2n) is 6.67. The fourth-order valence-corrected chi connectivity index (χ4v) is 3.70. The molecule has 0 bridgehead atoms. The molecule has 1 unspecified atom stereocenters. The first-order chi connectivity index (χ1) is 13.3. The molecule has 4 rings (SSSR count). The van der Waals surface area contributed by atoms with Gasteiger partial charge < -0.3 is 19.4 Å². The van der Waals surface area contributed by atoms with Crippen molar-refractivity contribution in [1.82, 2.24) is 4.98 Å². The van der Waals surface area contributed by atoms with Crippen LogP contribution >= 0.6 is 0 Å². The molecule has 140 valence electrons. The number of para-hydroxylation sites is 1. The molecule has 0 amide bonds. The molecular weight excluding hydrogens is 340 g/mol. The number of carbonyl (C=O) groups excluding carboxylic acids is 1. The van der Waals surface area contributed by atoms with E-state index in [1.165, 1.54) is 0 Å². The highest BCUT2D eigenvalue weighted by Gasteiger charge is 2.27. The highest BCUT2D eigenvalue weighted by molar-refractivity contribution is 5.92. The predicted molar refractivity (Wildman–Crippen MR) is 106 cm³/mol. The number of anilines is 1. The van der Waals surface area contributed by atoms with Crippen LogP contribution in [0.1, 0.15) is 24.0 Å². The van der Waals surface area contributed by atoms with Gasteiger partial charge in [0, 0.05) is 35.9 Å². The number of ether oxygens (including phenoxy) is 2. The van der Waals surface area contributed by atoms with Crippen LogP contribution in [0.4, 0.5) is 5.69 Å². The van der Waals surface area contributed by atoms with Crippen molar-refractivity contribution >= 4 is 22.6 Å². The number of morpholine rings is 1. The van der Waals surface area contributed by atoms with Crippen LogP contribution < -0.4 is 4.90 Å². The number of benzene rings is 2. The minimum Gasteiger partial charge on any atom is -0.465 e. The molecule has 1 saturated heterocycles. The van der Waals surface area contributed by atoms with Gasteiger partial charge in [0.25, 0.3) is 0 Å². The lowest BCUT2D eigenvalue weighted by Gasteiger charge is -2.29. The number of aromatic amines is 1. The lowest BCUT2D eigenvalue weighted by atomic mass is 9.91. The molecule has 2 aromatic carbocycles. The Bertz CT molecular complexity index is 911. The third-order valence-corrected chi connectivity index (χ3v) is 5.06. The largest absolute Gasteiger partial charge is 0.465 e.